The molecule has 0 radical (unpaired) electrons. The molecular weight excluding hydrogens is 296 g/mol. The molecule has 23 heavy (non-hydrogen) atoms. The first kappa shape index (κ1) is 14.6. The van der Waals surface area contributed by atoms with Crippen molar-refractivity contribution in [2.45, 2.75) is 31.5 Å². The van der Waals surface area contributed by atoms with Crippen LogP contribution in [0.25, 0.3) is 11.0 Å². The number of carbonyl (C=O) groups excluding carboxylic acids is 1. The van der Waals surface area contributed by atoms with Gasteiger partial charge < -0.3 is 14.4 Å². The van der Waals surface area contributed by atoms with Gasteiger partial charge in [-0.05, 0) is 25.8 Å². The highest BCUT2D eigenvalue weighted by molar-refractivity contribution is 6.05. The first-order valence-electron chi connectivity index (χ1n) is 8.00. The second-order valence-electron chi connectivity index (χ2n) is 6.44. The van der Waals surface area contributed by atoms with Crippen LogP contribution in [0.5, 0.6) is 0 Å². The fraction of sp³-hybridized carbons (Fsp3) is 0.562. The smallest absolute Gasteiger partial charge is 0.254 e. The standard InChI is InChI=1S/C16H20N4O3/c1-11-8-20(9-16(23-11)4-2-6-22-10-16)15(21)12-3-5-17-14-13(12)7-18-19-14/h3,5,7,11H,2,4,6,8-10H2,1H3,(H,17,18,19). The number of aromatic nitrogens is 3. The van der Waals surface area contributed by atoms with Crippen molar-refractivity contribution in [3.63, 3.8) is 0 Å². The van der Waals surface area contributed by atoms with Gasteiger partial charge in [0.25, 0.3) is 5.91 Å². The molecule has 0 saturated carbocycles. The second-order valence-corrected chi connectivity index (χ2v) is 6.44. The molecule has 2 aliphatic heterocycles. The number of nitrogens with one attached hydrogen (secondary N) is 1. The van der Waals surface area contributed by atoms with Crippen LogP contribution in [-0.2, 0) is 9.47 Å². The number of rotatable bonds is 1. The first-order chi connectivity index (χ1) is 11.2. The Balaban J connectivity index is 1.63. The molecule has 1 amide bonds. The molecule has 0 aromatic carbocycles. The number of nitrogens with zero attached hydrogens (tertiary/aromatic N) is 3. The summed E-state index contributed by atoms with van der Waals surface area (Å²) >= 11 is 0. The van der Waals surface area contributed by atoms with Gasteiger partial charge >= 0.3 is 0 Å². The number of amides is 1. The average molecular weight is 316 g/mol. The molecule has 4 heterocycles. The number of fused-ring (bicyclic) bond motifs is 1. The molecule has 2 atom stereocenters. The predicted octanol–water partition coefficient (Wildman–Crippen LogP) is 1.37. The van der Waals surface area contributed by atoms with Crippen LogP contribution in [-0.4, -0.2) is 64.0 Å². The summed E-state index contributed by atoms with van der Waals surface area (Å²) in [7, 11) is 0. The van der Waals surface area contributed by atoms with Crippen LogP contribution in [0.15, 0.2) is 18.5 Å². The van der Waals surface area contributed by atoms with E-state index in [9.17, 15) is 4.79 Å². The fourth-order valence-electron chi connectivity index (χ4n) is 3.63. The molecule has 2 aromatic heterocycles. The van der Waals surface area contributed by atoms with Gasteiger partial charge in [-0.2, -0.15) is 5.10 Å². The van der Waals surface area contributed by atoms with Gasteiger partial charge in [0, 0.05) is 19.3 Å². The molecule has 2 aliphatic rings. The summed E-state index contributed by atoms with van der Waals surface area (Å²) in [4.78, 5) is 19.1. The third kappa shape index (κ3) is 2.60. The molecule has 0 bridgehead atoms. The Morgan fingerprint density at radius 3 is 3.26 bits per heavy atom. The number of aromatic amines is 1. The van der Waals surface area contributed by atoms with Crippen molar-refractivity contribution in [3.8, 4) is 0 Å². The predicted molar refractivity (Wildman–Crippen MR) is 83.1 cm³/mol. The van der Waals surface area contributed by atoms with Gasteiger partial charge in [0.1, 0.15) is 5.60 Å². The normalized spacial score (nSPS) is 28.4. The number of hydrogen-bond donors (Lipinski definition) is 1. The Labute approximate surface area is 134 Å². The van der Waals surface area contributed by atoms with Crippen molar-refractivity contribution in [1.29, 1.82) is 0 Å². The van der Waals surface area contributed by atoms with Crippen LogP contribution >= 0.6 is 0 Å². The van der Waals surface area contributed by atoms with Gasteiger partial charge in [-0.3, -0.25) is 9.89 Å². The molecule has 1 N–H and O–H groups in total. The van der Waals surface area contributed by atoms with Gasteiger partial charge in [-0.1, -0.05) is 0 Å². The Kier molecular flexibility index (Phi) is 3.54. The van der Waals surface area contributed by atoms with Crippen molar-refractivity contribution in [1.82, 2.24) is 20.1 Å². The van der Waals surface area contributed by atoms with Crippen molar-refractivity contribution < 1.29 is 14.3 Å². The largest absolute Gasteiger partial charge is 0.378 e. The minimum absolute atomic E-state index is 0.00102. The summed E-state index contributed by atoms with van der Waals surface area (Å²) < 4.78 is 11.8. The quantitative estimate of drug-likeness (QED) is 0.859. The lowest BCUT2D eigenvalue weighted by Crippen LogP contribution is -2.59. The first-order valence-corrected chi connectivity index (χ1v) is 8.00. The average Bonchev–Trinajstić information content (AvgIpc) is 3.02. The highest BCUT2D eigenvalue weighted by Gasteiger charge is 2.42. The Morgan fingerprint density at radius 2 is 2.43 bits per heavy atom. The molecule has 0 aliphatic carbocycles. The third-order valence-corrected chi connectivity index (χ3v) is 4.57. The number of morpholine rings is 1. The van der Waals surface area contributed by atoms with E-state index in [-0.39, 0.29) is 17.6 Å². The van der Waals surface area contributed by atoms with Crippen LogP contribution < -0.4 is 0 Å². The zero-order chi connectivity index (χ0) is 15.9. The SMILES string of the molecule is CC1CN(C(=O)c2ccnc3[nH]ncc23)CC2(CCCOC2)O1. The highest BCUT2D eigenvalue weighted by Crippen LogP contribution is 2.31. The van der Waals surface area contributed by atoms with Gasteiger partial charge in [0.05, 0.1) is 36.4 Å². The van der Waals surface area contributed by atoms with E-state index < -0.39 is 0 Å². The highest BCUT2D eigenvalue weighted by atomic mass is 16.6. The van der Waals surface area contributed by atoms with Gasteiger partial charge in [-0.15, -0.1) is 0 Å². The molecule has 7 heteroatoms. The zero-order valence-electron chi connectivity index (χ0n) is 13.1. The fourth-order valence-corrected chi connectivity index (χ4v) is 3.63. The molecule has 2 fully saturated rings. The number of pyridine rings is 1. The summed E-state index contributed by atoms with van der Waals surface area (Å²) in [6.07, 6.45) is 5.18. The van der Waals surface area contributed by atoms with Crippen molar-refractivity contribution in [2.24, 2.45) is 0 Å². The van der Waals surface area contributed by atoms with Crippen LogP contribution in [0.4, 0.5) is 0 Å². The van der Waals surface area contributed by atoms with E-state index in [2.05, 4.69) is 15.2 Å². The maximum atomic E-state index is 13.0. The molecule has 7 nitrogen and oxygen atoms in total. The number of hydrogen-bond acceptors (Lipinski definition) is 5. The minimum atomic E-state index is -0.367. The van der Waals surface area contributed by atoms with E-state index >= 15 is 0 Å². The molecule has 2 unspecified atom stereocenters. The third-order valence-electron chi connectivity index (χ3n) is 4.57. The molecule has 122 valence electrons. The topological polar surface area (TPSA) is 80.3 Å². The van der Waals surface area contributed by atoms with Gasteiger partial charge in [0.2, 0.25) is 0 Å². The van der Waals surface area contributed by atoms with E-state index in [0.29, 0.717) is 30.9 Å². The van der Waals surface area contributed by atoms with E-state index in [0.717, 1.165) is 24.8 Å². The summed E-state index contributed by atoms with van der Waals surface area (Å²) in [6.45, 7) is 4.49. The maximum Gasteiger partial charge on any atom is 0.254 e. The summed E-state index contributed by atoms with van der Waals surface area (Å²) in [6, 6.07) is 1.75. The minimum Gasteiger partial charge on any atom is -0.378 e. The van der Waals surface area contributed by atoms with Crippen molar-refractivity contribution in [2.75, 3.05) is 26.3 Å². The summed E-state index contributed by atoms with van der Waals surface area (Å²) in [5.41, 5.74) is 0.895. The van der Waals surface area contributed by atoms with Crippen molar-refractivity contribution in [3.05, 3.63) is 24.0 Å². The number of carbonyl (C=O) groups is 1. The lowest BCUT2D eigenvalue weighted by molar-refractivity contribution is -0.188. The van der Waals surface area contributed by atoms with Crippen LogP contribution in [0.1, 0.15) is 30.1 Å². The zero-order valence-corrected chi connectivity index (χ0v) is 13.1. The van der Waals surface area contributed by atoms with E-state index in [1.54, 1.807) is 18.5 Å². The lowest BCUT2D eigenvalue weighted by Gasteiger charge is -2.47. The van der Waals surface area contributed by atoms with Crippen LogP contribution in [0.3, 0.4) is 0 Å². The monoisotopic (exact) mass is 316 g/mol. The number of H-pyrrole nitrogens is 1. The van der Waals surface area contributed by atoms with E-state index in [1.807, 2.05) is 11.8 Å². The van der Waals surface area contributed by atoms with Crippen LogP contribution in [0.2, 0.25) is 0 Å². The number of ether oxygens (including phenoxy) is 2. The lowest BCUT2D eigenvalue weighted by atomic mass is 9.93. The van der Waals surface area contributed by atoms with Gasteiger partial charge in [0.15, 0.2) is 5.65 Å². The molecule has 1 spiro atoms. The van der Waals surface area contributed by atoms with E-state index in [4.69, 9.17) is 9.47 Å². The summed E-state index contributed by atoms with van der Waals surface area (Å²) in [5, 5.41) is 7.55. The maximum absolute atomic E-state index is 13.0. The van der Waals surface area contributed by atoms with Gasteiger partial charge in [-0.25, -0.2) is 4.98 Å². The molecule has 2 saturated heterocycles. The Hall–Kier alpha value is -1.99. The van der Waals surface area contributed by atoms with Crippen molar-refractivity contribution >= 4 is 16.9 Å². The Morgan fingerprint density at radius 1 is 1.52 bits per heavy atom. The van der Waals surface area contributed by atoms with Crippen LogP contribution in [0, 0.1) is 0 Å². The van der Waals surface area contributed by atoms with E-state index in [1.165, 1.54) is 0 Å². The Bertz CT molecular complexity index is 723. The summed E-state index contributed by atoms with van der Waals surface area (Å²) in [5.74, 6) is -0.00102. The molecular formula is C16H20N4O3. The molecule has 2 aromatic rings. The molecule has 4 rings (SSSR count). The second kappa shape index (κ2) is 5.58.